The van der Waals surface area contributed by atoms with E-state index in [0.717, 1.165) is 15.4 Å². The first kappa shape index (κ1) is 33.2. The molecular weight excluding hydrogens is 621 g/mol. The summed E-state index contributed by atoms with van der Waals surface area (Å²) in [5.41, 5.74) is 3.37. The summed E-state index contributed by atoms with van der Waals surface area (Å²) in [5.74, 6) is 4.20. The summed E-state index contributed by atoms with van der Waals surface area (Å²) in [6.45, 7) is -0.0468. The molecule has 0 aromatic heterocycles. The average molecular weight is 656 g/mol. The van der Waals surface area contributed by atoms with E-state index in [1.165, 1.54) is 38.2 Å². The predicted octanol–water partition coefficient (Wildman–Crippen LogP) is 4.27. The van der Waals surface area contributed by atoms with Gasteiger partial charge < -0.3 is 14.4 Å². The Morgan fingerprint density at radius 3 is 2.15 bits per heavy atom. The Labute approximate surface area is 274 Å². The predicted molar refractivity (Wildman–Crippen MR) is 175 cm³/mol. The van der Waals surface area contributed by atoms with Crippen molar-refractivity contribution >= 4 is 22.0 Å². The Morgan fingerprint density at radius 1 is 0.957 bits per heavy atom. The monoisotopic (exact) mass is 655 g/mol. The van der Waals surface area contributed by atoms with Crippen molar-refractivity contribution < 1.29 is 31.9 Å². The van der Waals surface area contributed by atoms with E-state index in [2.05, 4.69) is 16.6 Å². The number of halogens is 1. The van der Waals surface area contributed by atoms with E-state index in [-0.39, 0.29) is 31.3 Å². The smallest absolute Gasteiger partial charge is 0.303 e. The number of rotatable bonds is 9. The first-order valence-corrected chi connectivity index (χ1v) is 16.2. The van der Waals surface area contributed by atoms with Gasteiger partial charge in [-0.05, 0) is 47.0 Å². The van der Waals surface area contributed by atoms with E-state index in [1.807, 2.05) is 60.7 Å². The van der Waals surface area contributed by atoms with Crippen LogP contribution in [0.4, 0.5) is 4.39 Å². The number of hydrogen-bond donors (Lipinski definition) is 1. The molecule has 5 rings (SSSR count). The first-order valence-electron chi connectivity index (χ1n) is 14.8. The number of nitrogens with one attached hydrogen (secondary N) is 1. The topological polar surface area (TPSA) is 105 Å². The number of hydrogen-bond acceptors (Lipinski definition) is 6. The molecule has 1 unspecified atom stereocenters. The fourth-order valence-electron chi connectivity index (χ4n) is 5.40. The highest BCUT2D eigenvalue weighted by atomic mass is 32.2. The van der Waals surface area contributed by atoms with Gasteiger partial charge in [-0.25, -0.2) is 9.11 Å². The molecular formula is C36H34FN3O6S. The molecule has 11 heteroatoms. The lowest BCUT2D eigenvalue weighted by molar-refractivity contribution is -0.141. The summed E-state index contributed by atoms with van der Waals surface area (Å²) in [6, 6.07) is 26.5. The quantitative estimate of drug-likeness (QED) is 0.270. The normalized spacial score (nSPS) is 14.2. The molecule has 1 aliphatic heterocycles. The second-order valence-corrected chi connectivity index (χ2v) is 12.9. The molecule has 4 aromatic carbocycles. The molecule has 47 heavy (non-hydrogen) atoms. The van der Waals surface area contributed by atoms with Gasteiger partial charge in [0, 0.05) is 38.2 Å². The molecule has 1 N–H and O–H groups in total. The van der Waals surface area contributed by atoms with Crippen LogP contribution in [0.15, 0.2) is 97.1 Å². The zero-order chi connectivity index (χ0) is 33.6. The highest BCUT2D eigenvalue weighted by Crippen LogP contribution is 2.40. The number of carbonyl (C=O) groups excluding carboxylic acids is 2. The van der Waals surface area contributed by atoms with E-state index in [9.17, 15) is 22.4 Å². The molecule has 0 radical (unpaired) electrons. The van der Waals surface area contributed by atoms with Crippen molar-refractivity contribution in [3.8, 4) is 23.3 Å². The Balaban J connectivity index is 1.54. The Bertz CT molecular complexity index is 1870. The third-order valence-corrected chi connectivity index (χ3v) is 9.25. The highest BCUT2D eigenvalue weighted by molar-refractivity contribution is 7.87. The van der Waals surface area contributed by atoms with Crippen molar-refractivity contribution in [1.82, 2.24) is 13.9 Å². The van der Waals surface area contributed by atoms with E-state index in [1.54, 1.807) is 24.3 Å². The number of methoxy groups -OCH3 is 1. The fraction of sp³-hybridized carbons (Fsp3) is 0.222. The number of nitrogens with zero attached hydrogens (tertiary/aromatic N) is 2. The van der Waals surface area contributed by atoms with Crippen LogP contribution >= 0.6 is 0 Å². The molecule has 0 bridgehead atoms. The van der Waals surface area contributed by atoms with Crippen LogP contribution in [-0.4, -0.2) is 63.3 Å². The standard InChI is InChI=1S/C36H34FN3O6S/c1-39(2)47(43,44)38-35(41)31-23-30-28(18-21-32(45-3)34(30)46-22-10-11-25-16-19-29(37)20-17-25)24-40(31)36(42)33(26-12-6-4-7-13-26)27-14-8-5-9-15-27/h4-9,12-21,31,33H,22-24H2,1-3H3,(H,38,41). The van der Waals surface area contributed by atoms with Crippen molar-refractivity contribution in [2.24, 2.45) is 0 Å². The molecule has 1 atom stereocenters. The SMILES string of the molecule is COc1ccc2c(c1OCC#Cc1ccc(F)cc1)CC(C(=O)NS(=O)(=O)N(C)C)N(C(=O)C(c1ccccc1)c1ccccc1)C2. The van der Waals surface area contributed by atoms with Crippen LogP contribution in [0.25, 0.3) is 0 Å². The number of benzene rings is 4. The van der Waals surface area contributed by atoms with Gasteiger partial charge in [0.2, 0.25) is 5.91 Å². The molecule has 1 aliphatic rings. The summed E-state index contributed by atoms with van der Waals surface area (Å²) in [7, 11) is -0.0778. The zero-order valence-electron chi connectivity index (χ0n) is 26.1. The maximum atomic E-state index is 14.6. The van der Waals surface area contributed by atoms with E-state index in [4.69, 9.17) is 9.47 Å². The van der Waals surface area contributed by atoms with Gasteiger partial charge in [-0.15, -0.1) is 0 Å². The van der Waals surface area contributed by atoms with Crippen LogP contribution < -0.4 is 14.2 Å². The Hall–Kier alpha value is -5.18. The third kappa shape index (κ3) is 7.62. The van der Waals surface area contributed by atoms with Crippen molar-refractivity contribution in [1.29, 1.82) is 0 Å². The second kappa shape index (κ2) is 14.5. The lowest BCUT2D eigenvalue weighted by Gasteiger charge is -2.38. The number of carbonyl (C=O) groups is 2. The van der Waals surface area contributed by atoms with E-state index < -0.39 is 28.1 Å². The minimum atomic E-state index is -4.17. The molecule has 0 spiro atoms. The lowest BCUT2D eigenvalue weighted by atomic mass is 9.86. The van der Waals surface area contributed by atoms with Gasteiger partial charge in [0.1, 0.15) is 18.5 Å². The maximum Gasteiger partial charge on any atom is 0.303 e. The van der Waals surface area contributed by atoms with Gasteiger partial charge in [0.05, 0.1) is 13.0 Å². The molecule has 9 nitrogen and oxygen atoms in total. The first-order chi connectivity index (χ1) is 22.6. The van der Waals surface area contributed by atoms with Crippen LogP contribution in [0.3, 0.4) is 0 Å². The Kier molecular flexibility index (Phi) is 10.2. The summed E-state index contributed by atoms with van der Waals surface area (Å²) in [6.07, 6.45) is -0.0515. The largest absolute Gasteiger partial charge is 0.493 e. The van der Waals surface area contributed by atoms with Crippen LogP contribution in [-0.2, 0) is 32.8 Å². The number of amides is 2. The molecule has 0 fully saturated rings. The zero-order valence-corrected chi connectivity index (χ0v) is 27.0. The molecule has 242 valence electrons. The summed E-state index contributed by atoms with van der Waals surface area (Å²) in [4.78, 5) is 29.8. The van der Waals surface area contributed by atoms with E-state index in [0.29, 0.717) is 28.2 Å². The van der Waals surface area contributed by atoms with Crippen molar-refractivity contribution in [2.45, 2.75) is 24.9 Å². The molecule has 0 aliphatic carbocycles. The van der Waals surface area contributed by atoms with Gasteiger partial charge in [-0.1, -0.05) is 78.6 Å². The van der Waals surface area contributed by atoms with Crippen molar-refractivity contribution in [3.63, 3.8) is 0 Å². The Morgan fingerprint density at radius 2 is 1.57 bits per heavy atom. The fourth-order valence-corrected chi connectivity index (χ4v) is 5.97. The molecule has 0 saturated carbocycles. The van der Waals surface area contributed by atoms with Crippen molar-refractivity contribution in [2.75, 3.05) is 27.8 Å². The minimum absolute atomic E-state index is 0.00600. The number of fused-ring (bicyclic) bond motifs is 1. The third-order valence-electron chi connectivity index (χ3n) is 7.83. The summed E-state index contributed by atoms with van der Waals surface area (Å²) in [5, 5.41) is 0. The van der Waals surface area contributed by atoms with Crippen LogP contribution in [0, 0.1) is 17.7 Å². The summed E-state index contributed by atoms with van der Waals surface area (Å²) >= 11 is 0. The van der Waals surface area contributed by atoms with Gasteiger partial charge in [-0.2, -0.15) is 12.7 Å². The number of ether oxygens (including phenoxy) is 2. The van der Waals surface area contributed by atoms with E-state index >= 15 is 0 Å². The molecule has 4 aromatic rings. The van der Waals surface area contributed by atoms with Gasteiger partial charge in [-0.3, -0.25) is 9.59 Å². The van der Waals surface area contributed by atoms with Crippen LogP contribution in [0.5, 0.6) is 11.5 Å². The average Bonchev–Trinajstić information content (AvgIpc) is 3.07. The van der Waals surface area contributed by atoms with Gasteiger partial charge in [0.15, 0.2) is 11.5 Å². The maximum absolute atomic E-state index is 14.6. The van der Waals surface area contributed by atoms with Crippen LogP contribution in [0.2, 0.25) is 0 Å². The van der Waals surface area contributed by atoms with Crippen molar-refractivity contribution in [3.05, 3.63) is 131 Å². The second-order valence-electron chi connectivity index (χ2n) is 11.0. The van der Waals surface area contributed by atoms with Gasteiger partial charge >= 0.3 is 10.2 Å². The lowest BCUT2D eigenvalue weighted by Crippen LogP contribution is -2.55. The van der Waals surface area contributed by atoms with Gasteiger partial charge in [0.25, 0.3) is 5.91 Å². The van der Waals surface area contributed by atoms with Crippen LogP contribution in [0.1, 0.15) is 33.7 Å². The highest BCUT2D eigenvalue weighted by Gasteiger charge is 2.41. The summed E-state index contributed by atoms with van der Waals surface area (Å²) < 4.78 is 53.5. The minimum Gasteiger partial charge on any atom is -0.493 e. The molecule has 1 heterocycles. The molecule has 0 saturated heterocycles. The molecule has 2 amide bonds.